The lowest BCUT2D eigenvalue weighted by Gasteiger charge is -2.15. The Kier molecular flexibility index (Phi) is 6.84. The summed E-state index contributed by atoms with van der Waals surface area (Å²) in [6, 6.07) is 4.46. The van der Waals surface area contributed by atoms with Crippen LogP contribution in [0.4, 0.5) is 23.2 Å². The van der Waals surface area contributed by atoms with Crippen LogP contribution in [0.2, 0.25) is 0 Å². The summed E-state index contributed by atoms with van der Waals surface area (Å²) < 4.78 is 79.0. The molecule has 3 aromatic rings. The predicted octanol–water partition coefficient (Wildman–Crippen LogP) is 4.15. The Morgan fingerprint density at radius 2 is 1.72 bits per heavy atom. The molecule has 170 valence electrons. The molecule has 0 spiro atoms. The number of nitrogens with one attached hydrogen (secondary N) is 2. The second kappa shape index (κ2) is 9.25. The molecular weight excluding hydrogens is 470 g/mol. The Bertz CT molecular complexity index is 1260. The monoisotopic (exact) mass is 487 g/mol. The fraction of sp³-hybridized carbons (Fsp3) is 0.200. The zero-order chi connectivity index (χ0) is 23.6. The zero-order valence-corrected chi connectivity index (χ0v) is 18.4. The molecule has 1 aromatic heterocycles. The van der Waals surface area contributed by atoms with Crippen molar-refractivity contribution in [2.45, 2.75) is 19.4 Å². The molecule has 0 aliphatic heterocycles. The molecule has 0 bridgehead atoms. The SMILES string of the molecule is CC(NC(=O)c1csc(Cc2ccc(F)c(F)c2)n1)c1cc(F)c(NS(C)(=O)=O)c(F)c1. The Hall–Kier alpha value is -2.99. The highest BCUT2D eigenvalue weighted by molar-refractivity contribution is 7.92. The maximum atomic E-state index is 14.2. The van der Waals surface area contributed by atoms with Gasteiger partial charge in [-0.1, -0.05) is 6.07 Å². The molecule has 2 N–H and O–H groups in total. The van der Waals surface area contributed by atoms with Crippen LogP contribution in [0, 0.1) is 23.3 Å². The third kappa shape index (κ3) is 5.82. The fourth-order valence-electron chi connectivity index (χ4n) is 2.80. The van der Waals surface area contributed by atoms with Crippen LogP contribution >= 0.6 is 11.3 Å². The van der Waals surface area contributed by atoms with Crippen LogP contribution in [-0.2, 0) is 16.4 Å². The summed E-state index contributed by atoms with van der Waals surface area (Å²) in [6.07, 6.45) is 0.952. The lowest BCUT2D eigenvalue weighted by atomic mass is 10.1. The normalized spacial score (nSPS) is 12.4. The van der Waals surface area contributed by atoms with E-state index in [2.05, 4.69) is 10.3 Å². The third-order valence-electron chi connectivity index (χ3n) is 4.32. The minimum absolute atomic E-state index is 0.0516. The first kappa shape index (κ1) is 23.7. The van der Waals surface area contributed by atoms with Crippen LogP contribution in [0.1, 0.15) is 39.6 Å². The van der Waals surface area contributed by atoms with E-state index in [1.165, 1.54) is 18.4 Å². The smallest absolute Gasteiger partial charge is 0.271 e. The summed E-state index contributed by atoms with van der Waals surface area (Å²) in [6.45, 7) is 1.49. The van der Waals surface area contributed by atoms with Crippen molar-refractivity contribution in [1.29, 1.82) is 0 Å². The van der Waals surface area contributed by atoms with Gasteiger partial charge in [0, 0.05) is 11.8 Å². The third-order valence-corrected chi connectivity index (χ3v) is 5.75. The van der Waals surface area contributed by atoms with E-state index in [-0.39, 0.29) is 17.7 Å². The van der Waals surface area contributed by atoms with Gasteiger partial charge >= 0.3 is 0 Å². The molecule has 1 atom stereocenters. The molecule has 1 heterocycles. The Labute approximate surface area is 185 Å². The highest BCUT2D eigenvalue weighted by Gasteiger charge is 2.20. The number of benzene rings is 2. The maximum absolute atomic E-state index is 14.2. The van der Waals surface area contributed by atoms with E-state index in [0.29, 0.717) is 10.6 Å². The molecule has 0 saturated heterocycles. The summed E-state index contributed by atoms with van der Waals surface area (Å²) in [7, 11) is -3.88. The van der Waals surface area contributed by atoms with Crippen LogP contribution in [0.3, 0.4) is 0 Å². The number of nitrogens with zero attached hydrogens (tertiary/aromatic N) is 1. The molecule has 12 heteroatoms. The summed E-state index contributed by atoms with van der Waals surface area (Å²) >= 11 is 1.14. The number of rotatable bonds is 7. The van der Waals surface area contributed by atoms with Crippen LogP contribution in [0.15, 0.2) is 35.7 Å². The molecule has 32 heavy (non-hydrogen) atoms. The van der Waals surface area contributed by atoms with Gasteiger partial charge in [0.2, 0.25) is 10.0 Å². The summed E-state index contributed by atoms with van der Waals surface area (Å²) in [5.41, 5.74) is -0.205. The number of aromatic nitrogens is 1. The molecule has 0 saturated carbocycles. The Balaban J connectivity index is 1.70. The number of carbonyl (C=O) groups excluding carboxylic acids is 1. The molecular formula is C20H17F4N3O3S2. The van der Waals surface area contributed by atoms with Crippen molar-refractivity contribution in [3.63, 3.8) is 0 Å². The Morgan fingerprint density at radius 1 is 1.06 bits per heavy atom. The van der Waals surface area contributed by atoms with E-state index in [1.54, 1.807) is 4.72 Å². The topological polar surface area (TPSA) is 88.2 Å². The van der Waals surface area contributed by atoms with E-state index in [4.69, 9.17) is 0 Å². The second-order valence-corrected chi connectivity index (χ2v) is 9.67. The fourth-order valence-corrected chi connectivity index (χ4v) is 4.17. The number of carbonyl (C=O) groups is 1. The van der Waals surface area contributed by atoms with Crippen molar-refractivity contribution in [2.75, 3.05) is 11.0 Å². The second-order valence-electron chi connectivity index (χ2n) is 6.98. The van der Waals surface area contributed by atoms with E-state index in [1.807, 2.05) is 0 Å². The van der Waals surface area contributed by atoms with Crippen LogP contribution < -0.4 is 10.0 Å². The van der Waals surface area contributed by atoms with Crippen molar-refractivity contribution >= 4 is 33.0 Å². The number of sulfonamides is 1. The van der Waals surface area contributed by atoms with Gasteiger partial charge in [-0.05, 0) is 42.3 Å². The number of amides is 1. The predicted molar refractivity (Wildman–Crippen MR) is 112 cm³/mol. The minimum atomic E-state index is -3.88. The highest BCUT2D eigenvalue weighted by atomic mass is 32.2. The number of hydrogen-bond donors (Lipinski definition) is 2. The lowest BCUT2D eigenvalue weighted by molar-refractivity contribution is 0.0935. The maximum Gasteiger partial charge on any atom is 0.271 e. The molecule has 0 fully saturated rings. The lowest BCUT2D eigenvalue weighted by Crippen LogP contribution is -2.27. The van der Waals surface area contributed by atoms with Gasteiger partial charge in [0.05, 0.1) is 17.3 Å². The number of anilines is 1. The first-order valence-corrected chi connectivity index (χ1v) is 11.9. The summed E-state index contributed by atoms with van der Waals surface area (Å²) in [5, 5.41) is 4.51. The summed E-state index contributed by atoms with van der Waals surface area (Å²) in [4.78, 5) is 16.6. The van der Waals surface area contributed by atoms with E-state index in [9.17, 15) is 30.8 Å². The molecule has 0 radical (unpaired) electrons. The van der Waals surface area contributed by atoms with Crippen molar-refractivity contribution in [3.05, 3.63) is 80.8 Å². The van der Waals surface area contributed by atoms with Crippen molar-refractivity contribution in [2.24, 2.45) is 0 Å². The average Bonchev–Trinajstić information content (AvgIpc) is 3.15. The van der Waals surface area contributed by atoms with Gasteiger partial charge in [0.1, 0.15) is 11.4 Å². The molecule has 2 aromatic carbocycles. The van der Waals surface area contributed by atoms with Crippen molar-refractivity contribution < 1.29 is 30.8 Å². The van der Waals surface area contributed by atoms with E-state index in [0.717, 1.165) is 41.9 Å². The first-order chi connectivity index (χ1) is 14.9. The first-order valence-electron chi connectivity index (χ1n) is 9.09. The average molecular weight is 488 g/mol. The molecule has 1 unspecified atom stereocenters. The van der Waals surface area contributed by atoms with Crippen LogP contribution in [-0.4, -0.2) is 25.6 Å². The van der Waals surface area contributed by atoms with Gasteiger partial charge in [-0.25, -0.2) is 31.0 Å². The quantitative estimate of drug-likeness (QED) is 0.490. The number of thiazole rings is 1. The van der Waals surface area contributed by atoms with E-state index >= 15 is 0 Å². The van der Waals surface area contributed by atoms with Gasteiger partial charge in [0.25, 0.3) is 5.91 Å². The highest BCUT2D eigenvalue weighted by Crippen LogP contribution is 2.25. The van der Waals surface area contributed by atoms with Gasteiger partial charge in [-0.2, -0.15) is 0 Å². The summed E-state index contributed by atoms with van der Waals surface area (Å²) in [5.74, 6) is -4.81. The number of hydrogen-bond acceptors (Lipinski definition) is 5. The van der Waals surface area contributed by atoms with Crippen LogP contribution in [0.5, 0.6) is 0 Å². The molecule has 0 aliphatic rings. The minimum Gasteiger partial charge on any atom is -0.344 e. The van der Waals surface area contributed by atoms with Gasteiger partial charge in [-0.3, -0.25) is 9.52 Å². The van der Waals surface area contributed by atoms with E-state index < -0.39 is 50.9 Å². The molecule has 6 nitrogen and oxygen atoms in total. The van der Waals surface area contributed by atoms with Crippen molar-refractivity contribution in [1.82, 2.24) is 10.3 Å². The Morgan fingerprint density at radius 3 is 2.31 bits per heavy atom. The number of halogens is 4. The molecule has 3 rings (SSSR count). The van der Waals surface area contributed by atoms with Crippen LogP contribution in [0.25, 0.3) is 0 Å². The van der Waals surface area contributed by atoms with Gasteiger partial charge in [0.15, 0.2) is 23.3 Å². The van der Waals surface area contributed by atoms with Crippen molar-refractivity contribution in [3.8, 4) is 0 Å². The zero-order valence-electron chi connectivity index (χ0n) is 16.7. The molecule has 0 aliphatic carbocycles. The standard InChI is InChI=1S/C20H17F4N3O3S2/c1-10(12-7-15(23)19(16(24)8-12)27-32(2,29)30)25-20(28)17-9-31-18(26-17)6-11-3-4-13(21)14(22)5-11/h3-5,7-10,27H,6H2,1-2H3,(H,25,28). The molecule has 1 amide bonds. The van der Waals surface area contributed by atoms with Gasteiger partial charge in [-0.15, -0.1) is 11.3 Å². The largest absolute Gasteiger partial charge is 0.344 e. The van der Waals surface area contributed by atoms with Gasteiger partial charge < -0.3 is 5.32 Å².